The molecular formula is C15H25N3O3. The average Bonchev–Trinajstić information content (AvgIpc) is 2.41. The lowest BCUT2D eigenvalue weighted by molar-refractivity contribution is -0.121. The van der Waals surface area contributed by atoms with Crippen LogP contribution in [0.1, 0.15) is 49.2 Å². The Hall–Kier alpha value is -1.69. The Labute approximate surface area is 125 Å². The van der Waals surface area contributed by atoms with Crippen LogP contribution in [0.2, 0.25) is 0 Å². The first-order chi connectivity index (χ1) is 10.0. The molecule has 1 heterocycles. The molecule has 1 rings (SSSR count). The Morgan fingerprint density at radius 2 is 1.95 bits per heavy atom. The number of aliphatic hydroxyl groups is 1. The van der Waals surface area contributed by atoms with Crippen molar-refractivity contribution < 1.29 is 9.90 Å². The standard InChI is InChI=1S/C15H25N3O3/c1-11-13(15(21)18-12(2)17-11)7-8-14(20)16-9-5-3-4-6-10-19/h19H,3-10H2,1-2H3,(H,16,20)(H,17,18,21). The lowest BCUT2D eigenvalue weighted by Gasteiger charge is -2.07. The van der Waals surface area contributed by atoms with Gasteiger partial charge in [0.15, 0.2) is 0 Å². The minimum atomic E-state index is -0.156. The van der Waals surface area contributed by atoms with Gasteiger partial charge in [0.05, 0.1) is 0 Å². The smallest absolute Gasteiger partial charge is 0.254 e. The van der Waals surface area contributed by atoms with Gasteiger partial charge in [-0.2, -0.15) is 0 Å². The highest BCUT2D eigenvalue weighted by molar-refractivity contribution is 5.76. The van der Waals surface area contributed by atoms with Gasteiger partial charge >= 0.3 is 0 Å². The van der Waals surface area contributed by atoms with E-state index >= 15 is 0 Å². The number of aromatic nitrogens is 2. The fourth-order valence-electron chi connectivity index (χ4n) is 2.19. The molecule has 0 saturated carbocycles. The van der Waals surface area contributed by atoms with Crippen LogP contribution in [0.25, 0.3) is 0 Å². The van der Waals surface area contributed by atoms with Gasteiger partial charge in [-0.05, 0) is 33.1 Å². The van der Waals surface area contributed by atoms with Gasteiger partial charge in [0.25, 0.3) is 5.56 Å². The first-order valence-corrected chi connectivity index (χ1v) is 7.48. The maximum absolute atomic E-state index is 11.8. The normalized spacial score (nSPS) is 10.6. The second-order valence-corrected chi connectivity index (χ2v) is 5.20. The van der Waals surface area contributed by atoms with E-state index in [4.69, 9.17) is 5.11 Å². The molecule has 0 radical (unpaired) electrons. The van der Waals surface area contributed by atoms with Crippen molar-refractivity contribution in [2.75, 3.05) is 13.2 Å². The van der Waals surface area contributed by atoms with Gasteiger partial charge in [0, 0.05) is 30.8 Å². The molecule has 1 aromatic rings. The number of hydrogen-bond donors (Lipinski definition) is 3. The van der Waals surface area contributed by atoms with Crippen LogP contribution < -0.4 is 10.9 Å². The molecule has 0 unspecified atom stereocenters. The van der Waals surface area contributed by atoms with Crippen molar-refractivity contribution in [1.29, 1.82) is 0 Å². The summed E-state index contributed by atoms with van der Waals surface area (Å²) >= 11 is 0. The fourth-order valence-corrected chi connectivity index (χ4v) is 2.19. The van der Waals surface area contributed by atoms with Crippen molar-refractivity contribution in [3.63, 3.8) is 0 Å². The third kappa shape index (κ3) is 6.53. The average molecular weight is 295 g/mol. The minimum Gasteiger partial charge on any atom is -0.396 e. The molecule has 0 saturated heterocycles. The number of aliphatic hydroxyl groups excluding tert-OH is 1. The van der Waals surface area contributed by atoms with E-state index in [1.807, 2.05) is 0 Å². The summed E-state index contributed by atoms with van der Waals surface area (Å²) in [6.07, 6.45) is 4.42. The van der Waals surface area contributed by atoms with Crippen LogP contribution in [-0.4, -0.2) is 34.1 Å². The quantitative estimate of drug-likeness (QED) is 0.592. The summed E-state index contributed by atoms with van der Waals surface area (Å²) in [6, 6.07) is 0. The van der Waals surface area contributed by atoms with Gasteiger partial charge in [-0.3, -0.25) is 9.59 Å². The molecule has 0 aliphatic rings. The lowest BCUT2D eigenvalue weighted by Crippen LogP contribution is -2.26. The minimum absolute atomic E-state index is 0.0449. The molecule has 1 aromatic heterocycles. The first-order valence-electron chi connectivity index (χ1n) is 7.48. The largest absolute Gasteiger partial charge is 0.396 e. The molecule has 1 amide bonds. The second kappa shape index (κ2) is 9.28. The molecule has 0 spiro atoms. The van der Waals surface area contributed by atoms with E-state index in [0.717, 1.165) is 25.7 Å². The van der Waals surface area contributed by atoms with Gasteiger partial charge in [-0.15, -0.1) is 0 Å². The summed E-state index contributed by atoms with van der Waals surface area (Å²) in [7, 11) is 0. The van der Waals surface area contributed by atoms with Gasteiger partial charge in [0.1, 0.15) is 5.82 Å². The number of nitrogens with one attached hydrogen (secondary N) is 2. The maximum Gasteiger partial charge on any atom is 0.254 e. The molecule has 6 heteroatoms. The predicted octanol–water partition coefficient (Wildman–Crippen LogP) is 0.988. The van der Waals surface area contributed by atoms with Crippen molar-refractivity contribution in [2.45, 2.75) is 52.4 Å². The number of unbranched alkanes of at least 4 members (excludes halogenated alkanes) is 3. The molecule has 0 aromatic carbocycles. The highest BCUT2D eigenvalue weighted by Crippen LogP contribution is 2.03. The van der Waals surface area contributed by atoms with E-state index in [1.54, 1.807) is 13.8 Å². The molecule has 3 N–H and O–H groups in total. The number of carbonyl (C=O) groups excluding carboxylic acids is 1. The van der Waals surface area contributed by atoms with Gasteiger partial charge in [-0.1, -0.05) is 12.8 Å². The van der Waals surface area contributed by atoms with Gasteiger partial charge < -0.3 is 15.4 Å². The molecule has 0 bridgehead atoms. The number of aromatic amines is 1. The zero-order chi connectivity index (χ0) is 15.7. The van der Waals surface area contributed by atoms with Crippen molar-refractivity contribution in [2.24, 2.45) is 0 Å². The molecular weight excluding hydrogens is 270 g/mol. The fraction of sp³-hybridized carbons (Fsp3) is 0.667. The summed E-state index contributed by atoms with van der Waals surface area (Å²) in [5, 5.41) is 11.5. The number of carbonyl (C=O) groups is 1. The zero-order valence-electron chi connectivity index (χ0n) is 12.9. The Morgan fingerprint density at radius 3 is 2.62 bits per heavy atom. The van der Waals surface area contributed by atoms with E-state index in [0.29, 0.717) is 36.5 Å². The zero-order valence-corrected chi connectivity index (χ0v) is 12.9. The molecule has 0 aliphatic heterocycles. The second-order valence-electron chi connectivity index (χ2n) is 5.20. The van der Waals surface area contributed by atoms with Gasteiger partial charge in [0.2, 0.25) is 5.91 Å². The van der Waals surface area contributed by atoms with Crippen LogP contribution in [0.4, 0.5) is 0 Å². The summed E-state index contributed by atoms with van der Waals surface area (Å²) in [6.45, 7) is 4.40. The maximum atomic E-state index is 11.8. The van der Waals surface area contributed by atoms with Crippen LogP contribution in [0.15, 0.2) is 4.79 Å². The van der Waals surface area contributed by atoms with E-state index in [2.05, 4.69) is 15.3 Å². The van der Waals surface area contributed by atoms with Crippen LogP contribution in [0.5, 0.6) is 0 Å². The van der Waals surface area contributed by atoms with Crippen LogP contribution in [-0.2, 0) is 11.2 Å². The number of rotatable bonds is 9. The Kier molecular flexibility index (Phi) is 7.68. The number of nitrogens with zero attached hydrogens (tertiary/aromatic N) is 1. The van der Waals surface area contributed by atoms with Crippen molar-refractivity contribution >= 4 is 5.91 Å². The monoisotopic (exact) mass is 295 g/mol. The van der Waals surface area contributed by atoms with Crippen molar-refractivity contribution in [1.82, 2.24) is 15.3 Å². The molecule has 118 valence electrons. The highest BCUT2D eigenvalue weighted by atomic mass is 16.2. The summed E-state index contributed by atoms with van der Waals surface area (Å²) in [5.41, 5.74) is 1.11. The first kappa shape index (κ1) is 17.4. The Balaban J connectivity index is 2.29. The van der Waals surface area contributed by atoms with Crippen LogP contribution in [0.3, 0.4) is 0 Å². The predicted molar refractivity (Wildman–Crippen MR) is 81.2 cm³/mol. The van der Waals surface area contributed by atoms with Crippen LogP contribution in [0, 0.1) is 13.8 Å². The van der Waals surface area contributed by atoms with Crippen molar-refractivity contribution in [3.8, 4) is 0 Å². The SMILES string of the molecule is Cc1nc(C)c(CCC(=O)NCCCCCCO)c(=O)[nH]1. The van der Waals surface area contributed by atoms with Gasteiger partial charge in [-0.25, -0.2) is 4.98 Å². The summed E-state index contributed by atoms with van der Waals surface area (Å²) in [5.74, 6) is 0.546. The van der Waals surface area contributed by atoms with E-state index < -0.39 is 0 Å². The third-order valence-corrected chi connectivity index (χ3v) is 3.35. The number of aryl methyl sites for hydroxylation is 2. The summed E-state index contributed by atoms with van der Waals surface area (Å²) in [4.78, 5) is 30.4. The van der Waals surface area contributed by atoms with Crippen LogP contribution >= 0.6 is 0 Å². The molecule has 0 atom stereocenters. The topological polar surface area (TPSA) is 95.1 Å². The van der Waals surface area contributed by atoms with E-state index in [-0.39, 0.29) is 18.1 Å². The molecule has 6 nitrogen and oxygen atoms in total. The molecule has 0 aliphatic carbocycles. The number of amides is 1. The third-order valence-electron chi connectivity index (χ3n) is 3.35. The van der Waals surface area contributed by atoms with E-state index in [9.17, 15) is 9.59 Å². The number of H-pyrrole nitrogens is 1. The lowest BCUT2D eigenvalue weighted by atomic mass is 10.1. The Bertz CT molecular complexity index is 511. The number of hydrogen-bond acceptors (Lipinski definition) is 4. The Morgan fingerprint density at radius 1 is 1.24 bits per heavy atom. The molecule has 21 heavy (non-hydrogen) atoms. The van der Waals surface area contributed by atoms with E-state index in [1.165, 1.54) is 0 Å². The molecule has 0 fully saturated rings. The summed E-state index contributed by atoms with van der Waals surface area (Å²) < 4.78 is 0. The highest BCUT2D eigenvalue weighted by Gasteiger charge is 2.09. The van der Waals surface area contributed by atoms with Crippen molar-refractivity contribution in [3.05, 3.63) is 27.4 Å².